The lowest BCUT2D eigenvalue weighted by Gasteiger charge is -2.08. The number of para-hydroxylation sites is 1. The van der Waals surface area contributed by atoms with Gasteiger partial charge in [0.25, 0.3) is 0 Å². The summed E-state index contributed by atoms with van der Waals surface area (Å²) in [6, 6.07) is 13.5. The van der Waals surface area contributed by atoms with Gasteiger partial charge in [0.05, 0.1) is 19.3 Å². The van der Waals surface area contributed by atoms with Crippen molar-refractivity contribution in [1.82, 2.24) is 14.9 Å². The van der Waals surface area contributed by atoms with Crippen LogP contribution in [-0.2, 0) is 0 Å². The number of nitrogen functional groups attached to an aromatic ring is 1. The number of nitrogens with zero attached hydrogens (tertiary/aromatic N) is 3. The van der Waals surface area contributed by atoms with E-state index in [2.05, 4.69) is 10.2 Å². The Hall–Kier alpha value is -2.74. The zero-order chi connectivity index (χ0) is 17.6. The molecule has 0 radical (unpaired) electrons. The molecule has 2 N–H and O–H groups in total. The third kappa shape index (κ3) is 4.03. The summed E-state index contributed by atoms with van der Waals surface area (Å²) in [5, 5.41) is 8.80. The predicted octanol–water partition coefficient (Wildman–Crippen LogP) is 2.98. The molecule has 3 aromatic rings. The van der Waals surface area contributed by atoms with Crippen molar-refractivity contribution in [2.75, 3.05) is 25.3 Å². The van der Waals surface area contributed by atoms with E-state index in [1.54, 1.807) is 19.2 Å². The third-order valence-electron chi connectivity index (χ3n) is 3.39. The lowest BCUT2D eigenvalue weighted by molar-refractivity contribution is 0.342. The Labute approximate surface area is 148 Å². The molecule has 1 aromatic heterocycles. The number of methoxy groups -OCH3 is 1. The van der Waals surface area contributed by atoms with E-state index in [9.17, 15) is 4.39 Å². The molecule has 0 unspecified atom stereocenters. The summed E-state index contributed by atoms with van der Waals surface area (Å²) in [6.07, 6.45) is 0. The van der Waals surface area contributed by atoms with Crippen molar-refractivity contribution in [3.05, 3.63) is 54.3 Å². The Bertz CT molecular complexity index is 856. The van der Waals surface area contributed by atoms with Gasteiger partial charge in [-0.25, -0.2) is 9.07 Å². The molecule has 3 rings (SSSR count). The molecule has 8 heteroatoms. The first-order chi connectivity index (χ1) is 12.2. The van der Waals surface area contributed by atoms with Crippen LogP contribution in [0.15, 0.2) is 53.7 Å². The number of rotatable bonds is 7. The monoisotopic (exact) mass is 360 g/mol. The van der Waals surface area contributed by atoms with Gasteiger partial charge in [0.2, 0.25) is 5.16 Å². The molecule has 130 valence electrons. The minimum absolute atomic E-state index is 0.326. The molecule has 0 saturated carbocycles. The Kier molecular flexibility index (Phi) is 5.39. The third-order valence-corrected chi connectivity index (χ3v) is 4.30. The number of ether oxygens (including phenoxy) is 2. The molecule has 2 aromatic carbocycles. The Balaban J connectivity index is 1.62. The summed E-state index contributed by atoms with van der Waals surface area (Å²) in [4.78, 5) is 0. The zero-order valence-corrected chi connectivity index (χ0v) is 14.4. The molecular weight excluding hydrogens is 343 g/mol. The van der Waals surface area contributed by atoms with Crippen molar-refractivity contribution in [3.8, 4) is 22.9 Å². The molecule has 0 aliphatic heterocycles. The van der Waals surface area contributed by atoms with Crippen LogP contribution in [0.2, 0.25) is 0 Å². The molecular formula is C17H17FN4O2S. The molecule has 0 spiro atoms. The van der Waals surface area contributed by atoms with Crippen molar-refractivity contribution in [2.45, 2.75) is 5.16 Å². The Morgan fingerprint density at radius 1 is 1.16 bits per heavy atom. The highest BCUT2D eigenvalue weighted by molar-refractivity contribution is 7.99. The minimum Gasteiger partial charge on any atom is -0.496 e. The number of aromatic nitrogens is 3. The second kappa shape index (κ2) is 7.89. The topological polar surface area (TPSA) is 75.2 Å². The fourth-order valence-corrected chi connectivity index (χ4v) is 2.91. The lowest BCUT2D eigenvalue weighted by Crippen LogP contribution is -2.12. The summed E-state index contributed by atoms with van der Waals surface area (Å²) in [5.74, 6) is 8.05. The molecule has 0 amide bonds. The maximum absolute atomic E-state index is 13.1. The van der Waals surface area contributed by atoms with Gasteiger partial charge in [-0.05, 0) is 24.3 Å². The van der Waals surface area contributed by atoms with Gasteiger partial charge in [-0.15, -0.1) is 10.2 Å². The van der Waals surface area contributed by atoms with Crippen LogP contribution in [0, 0.1) is 5.82 Å². The summed E-state index contributed by atoms with van der Waals surface area (Å²) >= 11 is 1.40. The number of hydrogen-bond donors (Lipinski definition) is 1. The Morgan fingerprint density at radius 3 is 2.80 bits per heavy atom. The van der Waals surface area contributed by atoms with E-state index in [0.717, 1.165) is 5.56 Å². The van der Waals surface area contributed by atoms with Crippen molar-refractivity contribution in [2.24, 2.45) is 0 Å². The molecule has 0 saturated heterocycles. The maximum Gasteiger partial charge on any atom is 0.210 e. The maximum atomic E-state index is 13.1. The Morgan fingerprint density at radius 2 is 2.00 bits per heavy atom. The van der Waals surface area contributed by atoms with Gasteiger partial charge >= 0.3 is 0 Å². The van der Waals surface area contributed by atoms with Gasteiger partial charge in [0.15, 0.2) is 5.82 Å². The van der Waals surface area contributed by atoms with E-state index >= 15 is 0 Å². The highest BCUT2D eigenvalue weighted by atomic mass is 32.2. The van der Waals surface area contributed by atoms with Crippen LogP contribution in [-0.4, -0.2) is 34.3 Å². The molecule has 25 heavy (non-hydrogen) atoms. The first kappa shape index (κ1) is 17.1. The lowest BCUT2D eigenvalue weighted by atomic mass is 10.2. The molecule has 0 aliphatic carbocycles. The summed E-state index contributed by atoms with van der Waals surface area (Å²) < 4.78 is 25.3. The van der Waals surface area contributed by atoms with Gasteiger partial charge in [0.1, 0.15) is 17.3 Å². The van der Waals surface area contributed by atoms with E-state index in [-0.39, 0.29) is 5.82 Å². The minimum atomic E-state index is -0.326. The van der Waals surface area contributed by atoms with Gasteiger partial charge in [-0.3, -0.25) is 0 Å². The van der Waals surface area contributed by atoms with Crippen LogP contribution in [0.3, 0.4) is 0 Å². The molecule has 1 heterocycles. The second-order valence-electron chi connectivity index (χ2n) is 5.03. The fourth-order valence-electron chi connectivity index (χ4n) is 2.24. The van der Waals surface area contributed by atoms with E-state index < -0.39 is 0 Å². The fraction of sp³-hybridized carbons (Fsp3) is 0.176. The predicted molar refractivity (Wildman–Crippen MR) is 94.8 cm³/mol. The van der Waals surface area contributed by atoms with Crippen LogP contribution < -0.4 is 15.3 Å². The quantitative estimate of drug-likeness (QED) is 0.397. The summed E-state index contributed by atoms with van der Waals surface area (Å²) in [7, 11) is 1.59. The standard InChI is InChI=1S/C17H17FN4O2S/c1-23-15-8-3-2-7-14(15)16-20-21-17(22(16)19)25-10-9-24-13-6-4-5-12(18)11-13/h2-8,11H,9-10,19H2,1H3. The van der Waals surface area contributed by atoms with E-state index in [1.807, 2.05) is 24.3 Å². The summed E-state index contributed by atoms with van der Waals surface area (Å²) in [5.41, 5.74) is 0.767. The molecule has 0 atom stereocenters. The second-order valence-corrected chi connectivity index (χ2v) is 6.09. The van der Waals surface area contributed by atoms with Crippen molar-refractivity contribution in [3.63, 3.8) is 0 Å². The molecule has 0 bridgehead atoms. The van der Waals surface area contributed by atoms with E-state index in [0.29, 0.717) is 34.8 Å². The number of hydrogen-bond acceptors (Lipinski definition) is 6. The SMILES string of the molecule is COc1ccccc1-c1nnc(SCCOc2cccc(F)c2)n1N. The number of thioether (sulfide) groups is 1. The highest BCUT2D eigenvalue weighted by Crippen LogP contribution is 2.29. The van der Waals surface area contributed by atoms with E-state index in [4.69, 9.17) is 15.3 Å². The van der Waals surface area contributed by atoms with Crippen molar-refractivity contribution >= 4 is 11.8 Å². The van der Waals surface area contributed by atoms with Gasteiger partial charge in [-0.1, -0.05) is 30.0 Å². The highest BCUT2D eigenvalue weighted by Gasteiger charge is 2.15. The van der Waals surface area contributed by atoms with Crippen molar-refractivity contribution < 1.29 is 13.9 Å². The average Bonchev–Trinajstić information content (AvgIpc) is 2.99. The number of benzene rings is 2. The van der Waals surface area contributed by atoms with Crippen LogP contribution in [0.4, 0.5) is 4.39 Å². The van der Waals surface area contributed by atoms with Gasteiger partial charge in [-0.2, -0.15) is 0 Å². The van der Waals surface area contributed by atoms with Crippen molar-refractivity contribution in [1.29, 1.82) is 0 Å². The largest absolute Gasteiger partial charge is 0.496 e. The van der Waals surface area contributed by atoms with Crippen LogP contribution in [0.1, 0.15) is 0 Å². The number of nitrogens with two attached hydrogens (primary N) is 1. The molecule has 0 aliphatic rings. The van der Waals surface area contributed by atoms with Crippen LogP contribution in [0.5, 0.6) is 11.5 Å². The smallest absolute Gasteiger partial charge is 0.210 e. The zero-order valence-electron chi connectivity index (χ0n) is 13.6. The normalized spacial score (nSPS) is 10.6. The first-order valence-corrected chi connectivity index (χ1v) is 8.52. The van der Waals surface area contributed by atoms with E-state index in [1.165, 1.54) is 28.6 Å². The summed E-state index contributed by atoms with van der Waals surface area (Å²) in [6.45, 7) is 0.394. The number of halogens is 1. The first-order valence-electron chi connectivity index (χ1n) is 7.54. The van der Waals surface area contributed by atoms with Crippen LogP contribution >= 0.6 is 11.8 Å². The van der Waals surface area contributed by atoms with Gasteiger partial charge < -0.3 is 15.3 Å². The molecule has 6 nitrogen and oxygen atoms in total. The molecule has 0 fully saturated rings. The van der Waals surface area contributed by atoms with Crippen LogP contribution in [0.25, 0.3) is 11.4 Å². The average molecular weight is 360 g/mol. The van der Waals surface area contributed by atoms with Gasteiger partial charge in [0, 0.05) is 11.8 Å².